The molecule has 9 heteroatoms. The molecule has 0 aliphatic carbocycles. The zero-order valence-electron chi connectivity index (χ0n) is 34.2. The van der Waals surface area contributed by atoms with E-state index in [4.69, 9.17) is 24.3 Å². The van der Waals surface area contributed by atoms with E-state index in [-0.39, 0.29) is 38.8 Å². The van der Waals surface area contributed by atoms with E-state index < -0.39 is 13.9 Å². The van der Waals surface area contributed by atoms with Gasteiger partial charge in [0.15, 0.2) is 6.10 Å². The number of allylic oxidation sites excluding steroid dienone is 13. The first-order chi connectivity index (χ1) is 26.4. The summed E-state index contributed by atoms with van der Waals surface area (Å²) in [6, 6.07) is 0. The van der Waals surface area contributed by atoms with Crippen LogP contribution in [-0.4, -0.2) is 43.3 Å². The van der Waals surface area contributed by atoms with Crippen molar-refractivity contribution in [2.45, 2.75) is 168 Å². The van der Waals surface area contributed by atoms with Crippen molar-refractivity contribution in [1.82, 2.24) is 0 Å². The van der Waals surface area contributed by atoms with Crippen molar-refractivity contribution in [3.63, 3.8) is 0 Å². The molecular formula is C45H78NO7P. The third kappa shape index (κ3) is 40.7. The van der Waals surface area contributed by atoms with Crippen LogP contribution in [0.5, 0.6) is 0 Å². The lowest BCUT2D eigenvalue weighted by Gasteiger charge is -2.19. The number of esters is 1. The zero-order valence-corrected chi connectivity index (χ0v) is 35.1. The molecule has 0 fully saturated rings. The molecule has 0 saturated heterocycles. The van der Waals surface area contributed by atoms with Crippen molar-refractivity contribution in [2.75, 3.05) is 26.4 Å². The lowest BCUT2D eigenvalue weighted by atomic mass is 10.1. The summed E-state index contributed by atoms with van der Waals surface area (Å²) in [5.41, 5.74) is 5.36. The molecule has 0 aromatic carbocycles. The highest BCUT2D eigenvalue weighted by molar-refractivity contribution is 7.47. The smallest absolute Gasteiger partial charge is 0.472 e. The van der Waals surface area contributed by atoms with Crippen molar-refractivity contribution in [1.29, 1.82) is 0 Å². The zero-order chi connectivity index (χ0) is 39.5. The molecule has 0 aliphatic heterocycles. The van der Waals surface area contributed by atoms with E-state index in [1.54, 1.807) is 6.26 Å². The Hall–Kier alpha value is -2.48. The van der Waals surface area contributed by atoms with Gasteiger partial charge in [-0.3, -0.25) is 13.8 Å². The molecule has 2 atom stereocenters. The fraction of sp³-hybridized carbons (Fsp3) is 0.667. The minimum atomic E-state index is -4.31. The molecule has 0 radical (unpaired) electrons. The predicted molar refractivity (Wildman–Crippen MR) is 228 cm³/mol. The number of phosphoric ester groups is 1. The van der Waals surface area contributed by atoms with Crippen molar-refractivity contribution in [3.8, 4) is 0 Å². The molecule has 3 N–H and O–H groups in total. The molecule has 2 unspecified atom stereocenters. The van der Waals surface area contributed by atoms with Crippen molar-refractivity contribution in [3.05, 3.63) is 85.3 Å². The van der Waals surface area contributed by atoms with E-state index in [2.05, 4.69) is 86.8 Å². The van der Waals surface area contributed by atoms with Gasteiger partial charge in [-0.15, -0.1) is 0 Å². The highest BCUT2D eigenvalue weighted by atomic mass is 31.2. The Morgan fingerprint density at radius 3 is 1.59 bits per heavy atom. The van der Waals surface area contributed by atoms with Crippen molar-refractivity contribution in [2.24, 2.45) is 5.73 Å². The summed E-state index contributed by atoms with van der Waals surface area (Å²) in [6.07, 6.45) is 54.1. The van der Waals surface area contributed by atoms with Gasteiger partial charge in [0.05, 0.1) is 19.5 Å². The van der Waals surface area contributed by atoms with Gasteiger partial charge >= 0.3 is 13.8 Å². The number of hydrogen-bond acceptors (Lipinski definition) is 7. The summed E-state index contributed by atoms with van der Waals surface area (Å²) in [7, 11) is -4.31. The maximum Gasteiger partial charge on any atom is 0.472 e. The Balaban J connectivity index is 4.21. The molecule has 8 nitrogen and oxygen atoms in total. The predicted octanol–water partition coefficient (Wildman–Crippen LogP) is 12.9. The van der Waals surface area contributed by atoms with E-state index >= 15 is 0 Å². The number of rotatable bonds is 39. The standard InChI is InChI=1S/C45H78NO7P/c1-3-5-7-9-11-13-15-17-19-21-22-23-24-26-28-30-32-34-36-38-45(47)53-44(43-52-54(48,49)51-41-39-46)42-50-40-37-35-33-31-29-27-25-20-18-16-14-12-10-8-6-4-2/h5,7,11,13,17-20,22-23,26,28,37,40,44H,3-4,6,8-10,12,14-16,21,24-25,27,29-36,38-39,41-43,46H2,1-2H3,(H,48,49). The van der Waals surface area contributed by atoms with Crippen LogP contribution in [0, 0.1) is 0 Å². The molecular weight excluding hydrogens is 697 g/mol. The Kier molecular flexibility index (Phi) is 39.8. The van der Waals surface area contributed by atoms with Gasteiger partial charge in [-0.25, -0.2) is 4.57 Å². The summed E-state index contributed by atoms with van der Waals surface area (Å²) in [6.45, 7) is 4.05. The van der Waals surface area contributed by atoms with Crippen LogP contribution >= 0.6 is 7.82 Å². The maximum atomic E-state index is 12.6. The fourth-order valence-corrected chi connectivity index (χ4v) is 6.04. The quantitative estimate of drug-likeness (QED) is 0.0208. The Morgan fingerprint density at radius 1 is 0.593 bits per heavy atom. The summed E-state index contributed by atoms with van der Waals surface area (Å²) >= 11 is 0. The third-order valence-electron chi connectivity index (χ3n) is 8.36. The minimum absolute atomic E-state index is 0.00821. The number of hydrogen-bond donors (Lipinski definition) is 2. The van der Waals surface area contributed by atoms with Crippen LogP contribution in [0.3, 0.4) is 0 Å². The molecule has 0 aliphatic rings. The fourth-order valence-electron chi connectivity index (χ4n) is 5.28. The van der Waals surface area contributed by atoms with Crippen molar-refractivity contribution >= 4 is 13.8 Å². The molecule has 0 saturated carbocycles. The summed E-state index contributed by atoms with van der Waals surface area (Å²) < 4.78 is 33.1. The molecule has 0 bridgehead atoms. The first kappa shape index (κ1) is 51.5. The molecule has 0 rings (SSSR count). The van der Waals surface area contributed by atoms with Crippen LogP contribution in [0.4, 0.5) is 0 Å². The number of carbonyl (C=O) groups excluding carboxylic acids is 1. The molecule has 0 spiro atoms. The first-order valence-corrected chi connectivity index (χ1v) is 22.6. The topological polar surface area (TPSA) is 117 Å². The Labute approximate surface area is 330 Å². The van der Waals surface area contributed by atoms with Gasteiger partial charge in [0, 0.05) is 13.0 Å². The second-order valence-electron chi connectivity index (χ2n) is 13.5. The SMILES string of the molecule is CCC=CCC=CCC=CCC=CCC=CCCCCCC(=O)OC(COC=CCCCCCCC=CCCCCCCCC)COP(=O)(O)OCCN. The highest BCUT2D eigenvalue weighted by Crippen LogP contribution is 2.43. The van der Waals surface area contributed by atoms with Crippen molar-refractivity contribution < 1.29 is 32.8 Å². The van der Waals surface area contributed by atoms with Gasteiger partial charge < -0.3 is 20.1 Å². The van der Waals surface area contributed by atoms with E-state index in [0.717, 1.165) is 70.6 Å². The van der Waals surface area contributed by atoms with Crippen LogP contribution in [0.25, 0.3) is 0 Å². The normalized spacial score (nSPS) is 14.3. The van der Waals surface area contributed by atoms with Gasteiger partial charge in [0.2, 0.25) is 0 Å². The molecule has 54 heavy (non-hydrogen) atoms. The van der Waals surface area contributed by atoms with Gasteiger partial charge in [-0.05, 0) is 96.0 Å². The van der Waals surface area contributed by atoms with Crippen LogP contribution in [0.15, 0.2) is 85.3 Å². The van der Waals surface area contributed by atoms with Crippen LogP contribution in [0.1, 0.15) is 162 Å². The van der Waals surface area contributed by atoms with E-state index in [0.29, 0.717) is 6.42 Å². The summed E-state index contributed by atoms with van der Waals surface area (Å²) in [5.74, 6) is -0.390. The van der Waals surface area contributed by atoms with Gasteiger partial charge in [0.25, 0.3) is 0 Å². The van der Waals surface area contributed by atoms with Crippen LogP contribution in [0.2, 0.25) is 0 Å². The Bertz CT molecular complexity index is 1100. The highest BCUT2D eigenvalue weighted by Gasteiger charge is 2.25. The lowest BCUT2D eigenvalue weighted by molar-refractivity contribution is -0.153. The monoisotopic (exact) mass is 776 g/mol. The maximum absolute atomic E-state index is 12.6. The number of ether oxygens (including phenoxy) is 2. The average Bonchev–Trinajstić information content (AvgIpc) is 3.16. The third-order valence-corrected chi connectivity index (χ3v) is 9.34. The second kappa shape index (κ2) is 41.7. The summed E-state index contributed by atoms with van der Waals surface area (Å²) in [4.78, 5) is 22.4. The molecule has 0 aromatic heterocycles. The molecule has 0 heterocycles. The second-order valence-corrected chi connectivity index (χ2v) is 15.0. The van der Waals surface area contributed by atoms with Gasteiger partial charge in [-0.2, -0.15) is 0 Å². The number of nitrogens with two attached hydrogens (primary N) is 1. The minimum Gasteiger partial charge on any atom is -0.498 e. The van der Waals surface area contributed by atoms with Crippen LogP contribution in [-0.2, 0) is 27.9 Å². The van der Waals surface area contributed by atoms with E-state index in [1.807, 2.05) is 6.08 Å². The van der Waals surface area contributed by atoms with Crippen LogP contribution < -0.4 is 5.73 Å². The van der Waals surface area contributed by atoms with Gasteiger partial charge in [0.1, 0.15) is 6.61 Å². The number of carbonyl (C=O) groups is 1. The van der Waals surface area contributed by atoms with Gasteiger partial charge in [-0.1, -0.05) is 138 Å². The average molecular weight is 776 g/mol. The van der Waals surface area contributed by atoms with E-state index in [9.17, 15) is 14.3 Å². The number of phosphoric acid groups is 1. The summed E-state index contributed by atoms with van der Waals surface area (Å²) in [5, 5.41) is 0. The lowest BCUT2D eigenvalue weighted by Crippen LogP contribution is -2.27. The Morgan fingerprint density at radius 2 is 1.06 bits per heavy atom. The molecule has 0 amide bonds. The number of unbranched alkanes of at least 4 members (excludes halogenated alkanes) is 14. The molecule has 310 valence electrons. The first-order valence-electron chi connectivity index (χ1n) is 21.1. The largest absolute Gasteiger partial charge is 0.498 e. The molecule has 0 aromatic rings. The van der Waals surface area contributed by atoms with E-state index in [1.165, 1.54) is 64.2 Å².